The smallest absolute Gasteiger partial charge is 0.227 e. The summed E-state index contributed by atoms with van der Waals surface area (Å²) in [6.45, 7) is 0. The first-order valence-electron chi connectivity index (χ1n) is 4.69. The Bertz CT molecular complexity index is 548. The van der Waals surface area contributed by atoms with Crippen LogP contribution in [0.15, 0.2) is 29.3 Å². The van der Waals surface area contributed by atoms with E-state index in [1.165, 1.54) is 11.8 Å². The van der Waals surface area contributed by atoms with Gasteiger partial charge in [-0.3, -0.25) is 9.59 Å². The number of rotatable bonds is 4. The summed E-state index contributed by atoms with van der Waals surface area (Å²) in [5, 5.41) is 1.56. The van der Waals surface area contributed by atoms with Crippen LogP contribution in [-0.4, -0.2) is 22.9 Å². The van der Waals surface area contributed by atoms with Gasteiger partial charge in [0.2, 0.25) is 5.91 Å². The van der Waals surface area contributed by atoms with Crippen molar-refractivity contribution in [1.29, 1.82) is 0 Å². The van der Waals surface area contributed by atoms with Crippen LogP contribution >= 0.6 is 11.8 Å². The molecule has 0 atom stereocenters. The van der Waals surface area contributed by atoms with E-state index in [9.17, 15) is 9.59 Å². The first-order chi connectivity index (χ1) is 7.72. The Balaban J connectivity index is 2.44. The zero-order valence-electron chi connectivity index (χ0n) is 8.40. The monoisotopic (exact) mass is 234 g/mol. The molecular weight excluding hydrogens is 224 g/mol. The van der Waals surface area contributed by atoms with Gasteiger partial charge in [-0.1, -0.05) is 30.0 Å². The van der Waals surface area contributed by atoms with Gasteiger partial charge in [0.05, 0.1) is 16.3 Å². The maximum Gasteiger partial charge on any atom is 0.227 e. The second-order valence-electron chi connectivity index (χ2n) is 3.29. The Morgan fingerprint density at radius 3 is 2.88 bits per heavy atom. The van der Waals surface area contributed by atoms with Gasteiger partial charge in [0, 0.05) is 10.9 Å². The van der Waals surface area contributed by atoms with Gasteiger partial charge in [0.25, 0.3) is 0 Å². The van der Waals surface area contributed by atoms with Gasteiger partial charge in [-0.15, -0.1) is 0 Å². The summed E-state index contributed by atoms with van der Waals surface area (Å²) >= 11 is 1.24. The molecule has 3 N–H and O–H groups in total. The minimum Gasteiger partial charge on any atom is -0.369 e. The van der Waals surface area contributed by atoms with Crippen molar-refractivity contribution in [1.82, 2.24) is 4.98 Å². The Hall–Kier alpha value is -1.75. The average Bonchev–Trinajstić information content (AvgIpc) is 2.63. The molecule has 5 heteroatoms. The third-order valence-electron chi connectivity index (χ3n) is 2.19. The standard InChI is InChI=1S/C11H10N2O2S/c12-10(15)6-16-11-8(5-14)7-3-1-2-4-9(7)13-11/h1-5,13H,6H2,(H2,12,15). The number of nitrogens with one attached hydrogen (secondary N) is 1. The number of nitrogens with two attached hydrogens (primary N) is 1. The predicted octanol–water partition coefficient (Wildman–Crippen LogP) is 1.56. The summed E-state index contributed by atoms with van der Waals surface area (Å²) in [6, 6.07) is 7.50. The minimum atomic E-state index is -0.402. The fraction of sp³-hybridized carbons (Fsp3) is 0.0909. The van der Waals surface area contributed by atoms with Crippen LogP contribution < -0.4 is 5.73 Å². The predicted molar refractivity (Wildman–Crippen MR) is 63.6 cm³/mol. The van der Waals surface area contributed by atoms with Crippen molar-refractivity contribution < 1.29 is 9.59 Å². The van der Waals surface area contributed by atoms with E-state index in [1.54, 1.807) is 0 Å². The van der Waals surface area contributed by atoms with Gasteiger partial charge >= 0.3 is 0 Å². The molecule has 0 radical (unpaired) electrons. The highest BCUT2D eigenvalue weighted by molar-refractivity contribution is 8.00. The minimum absolute atomic E-state index is 0.160. The van der Waals surface area contributed by atoms with Crippen LogP contribution in [0.3, 0.4) is 0 Å². The maximum absolute atomic E-state index is 11.0. The number of aromatic nitrogens is 1. The number of para-hydroxylation sites is 1. The van der Waals surface area contributed by atoms with E-state index in [2.05, 4.69) is 4.98 Å². The van der Waals surface area contributed by atoms with Crippen LogP contribution in [0.4, 0.5) is 0 Å². The van der Waals surface area contributed by atoms with Crippen LogP contribution in [-0.2, 0) is 4.79 Å². The lowest BCUT2D eigenvalue weighted by Crippen LogP contribution is -2.13. The molecule has 0 saturated heterocycles. The number of carbonyl (C=O) groups is 2. The highest BCUT2D eigenvalue weighted by Crippen LogP contribution is 2.27. The molecular formula is C11H10N2O2S. The second kappa shape index (κ2) is 4.40. The zero-order valence-corrected chi connectivity index (χ0v) is 9.21. The lowest BCUT2D eigenvalue weighted by Gasteiger charge is -1.95. The van der Waals surface area contributed by atoms with Crippen molar-refractivity contribution in [3.8, 4) is 0 Å². The fourth-order valence-corrected chi connectivity index (χ4v) is 2.30. The summed E-state index contributed by atoms with van der Waals surface area (Å²) in [7, 11) is 0. The van der Waals surface area contributed by atoms with Crippen molar-refractivity contribution >= 4 is 34.9 Å². The average molecular weight is 234 g/mol. The third kappa shape index (κ3) is 1.94. The number of thioether (sulfide) groups is 1. The van der Waals surface area contributed by atoms with Crippen LogP contribution in [0.1, 0.15) is 10.4 Å². The first kappa shape index (κ1) is 10.8. The van der Waals surface area contributed by atoms with Crippen LogP contribution in [0.2, 0.25) is 0 Å². The lowest BCUT2D eigenvalue weighted by atomic mass is 10.2. The summed E-state index contributed by atoms with van der Waals surface area (Å²) in [4.78, 5) is 24.8. The molecule has 1 aromatic carbocycles. The number of H-pyrrole nitrogens is 1. The van der Waals surface area contributed by atoms with Gasteiger partial charge in [-0.05, 0) is 6.07 Å². The highest BCUT2D eigenvalue weighted by Gasteiger charge is 2.11. The fourth-order valence-electron chi connectivity index (χ4n) is 1.51. The second-order valence-corrected chi connectivity index (χ2v) is 4.27. The number of fused-ring (bicyclic) bond motifs is 1. The molecule has 16 heavy (non-hydrogen) atoms. The van der Waals surface area contributed by atoms with Crippen molar-refractivity contribution in [2.75, 3.05) is 5.75 Å². The maximum atomic E-state index is 11.0. The molecule has 0 unspecified atom stereocenters. The van der Waals surface area contributed by atoms with Crippen molar-refractivity contribution in [2.24, 2.45) is 5.73 Å². The normalized spacial score (nSPS) is 10.5. The van der Waals surface area contributed by atoms with Crippen LogP contribution in [0.25, 0.3) is 10.9 Å². The molecule has 2 aromatic rings. The number of amides is 1. The molecule has 0 saturated carbocycles. The number of hydrogen-bond acceptors (Lipinski definition) is 3. The Labute approximate surface area is 96.2 Å². The third-order valence-corrected chi connectivity index (χ3v) is 3.23. The van der Waals surface area contributed by atoms with E-state index < -0.39 is 5.91 Å². The molecule has 0 aliphatic heterocycles. The SMILES string of the molecule is NC(=O)CSc1[nH]c2ccccc2c1C=O. The molecule has 4 nitrogen and oxygen atoms in total. The topological polar surface area (TPSA) is 76.0 Å². The van der Waals surface area contributed by atoms with Gasteiger partial charge < -0.3 is 10.7 Å². The Morgan fingerprint density at radius 1 is 1.44 bits per heavy atom. The first-order valence-corrected chi connectivity index (χ1v) is 5.68. The van der Waals surface area contributed by atoms with Gasteiger partial charge in [0.15, 0.2) is 6.29 Å². The van der Waals surface area contributed by atoms with E-state index in [4.69, 9.17) is 5.73 Å². The van der Waals surface area contributed by atoms with Crippen molar-refractivity contribution in [3.63, 3.8) is 0 Å². The van der Waals surface area contributed by atoms with Gasteiger partial charge in [0.1, 0.15) is 0 Å². The van der Waals surface area contributed by atoms with Crippen molar-refractivity contribution in [2.45, 2.75) is 5.03 Å². The molecule has 82 valence electrons. The molecule has 0 aliphatic carbocycles. The van der Waals surface area contributed by atoms with E-state index in [0.29, 0.717) is 10.6 Å². The van der Waals surface area contributed by atoms with Gasteiger partial charge in [-0.2, -0.15) is 0 Å². The lowest BCUT2D eigenvalue weighted by molar-refractivity contribution is -0.115. The largest absolute Gasteiger partial charge is 0.369 e. The molecule has 0 bridgehead atoms. The molecule has 0 spiro atoms. The summed E-state index contributed by atoms with van der Waals surface area (Å²) < 4.78 is 0. The number of aldehydes is 1. The summed E-state index contributed by atoms with van der Waals surface area (Å²) in [5.41, 5.74) is 6.53. The number of hydrogen-bond donors (Lipinski definition) is 2. The molecule has 1 aromatic heterocycles. The summed E-state index contributed by atoms with van der Waals surface area (Å²) in [6.07, 6.45) is 0.794. The van der Waals surface area contributed by atoms with E-state index in [-0.39, 0.29) is 5.75 Å². The molecule has 0 fully saturated rings. The van der Waals surface area contributed by atoms with Crippen LogP contribution in [0, 0.1) is 0 Å². The molecule has 2 rings (SSSR count). The van der Waals surface area contributed by atoms with E-state index >= 15 is 0 Å². The molecule has 1 amide bonds. The Morgan fingerprint density at radius 2 is 2.19 bits per heavy atom. The Kier molecular flexibility index (Phi) is 2.96. The van der Waals surface area contributed by atoms with E-state index in [1.807, 2.05) is 24.3 Å². The number of primary amides is 1. The molecule has 0 aliphatic rings. The summed E-state index contributed by atoms with van der Waals surface area (Å²) in [5.74, 6) is -0.242. The highest BCUT2D eigenvalue weighted by atomic mass is 32.2. The van der Waals surface area contributed by atoms with Gasteiger partial charge in [-0.25, -0.2) is 0 Å². The zero-order chi connectivity index (χ0) is 11.5. The number of carbonyl (C=O) groups excluding carboxylic acids is 2. The molecule has 1 heterocycles. The van der Waals surface area contributed by atoms with E-state index in [0.717, 1.165) is 17.2 Å². The number of aromatic amines is 1. The number of benzene rings is 1. The van der Waals surface area contributed by atoms with Crippen molar-refractivity contribution in [3.05, 3.63) is 29.8 Å². The quantitative estimate of drug-likeness (QED) is 0.622. The van der Waals surface area contributed by atoms with Crippen LogP contribution in [0.5, 0.6) is 0 Å².